The summed E-state index contributed by atoms with van der Waals surface area (Å²) in [6, 6.07) is 5.98. The Bertz CT molecular complexity index is 497. The van der Waals surface area contributed by atoms with Crippen molar-refractivity contribution >= 4 is 27.7 Å². The van der Waals surface area contributed by atoms with E-state index in [9.17, 15) is 0 Å². The summed E-state index contributed by atoms with van der Waals surface area (Å²) < 4.78 is 1.02. The Labute approximate surface area is 106 Å². The molecule has 0 aliphatic carbocycles. The molecule has 0 aliphatic rings. The number of hydrogen-bond donors (Lipinski definition) is 2. The van der Waals surface area contributed by atoms with Crippen LogP contribution < -0.4 is 5.73 Å². The zero-order valence-electron chi connectivity index (χ0n) is 8.70. The van der Waals surface area contributed by atoms with Crippen LogP contribution in [0.25, 0.3) is 0 Å². The van der Waals surface area contributed by atoms with Crippen LogP contribution >= 0.6 is 27.7 Å². The molecular formula is C10H11BrN4S. The van der Waals surface area contributed by atoms with Gasteiger partial charge in [-0.05, 0) is 36.4 Å². The summed E-state index contributed by atoms with van der Waals surface area (Å²) in [6.07, 6.45) is 0. The average Bonchev–Trinajstić information content (AvgIpc) is 2.64. The van der Waals surface area contributed by atoms with Crippen molar-refractivity contribution in [2.75, 3.05) is 0 Å². The Morgan fingerprint density at radius 2 is 2.31 bits per heavy atom. The molecule has 0 saturated carbocycles. The minimum atomic E-state index is 0.493. The molecule has 2 aromatic rings. The monoisotopic (exact) mass is 298 g/mol. The van der Waals surface area contributed by atoms with E-state index in [1.165, 1.54) is 11.8 Å². The largest absolute Gasteiger partial charge is 0.326 e. The molecule has 0 atom stereocenters. The van der Waals surface area contributed by atoms with E-state index in [4.69, 9.17) is 5.73 Å². The molecule has 0 unspecified atom stereocenters. The number of aromatic nitrogens is 3. The molecule has 1 heterocycles. The number of hydrogen-bond acceptors (Lipinski definition) is 4. The van der Waals surface area contributed by atoms with Crippen LogP contribution in [0.4, 0.5) is 0 Å². The van der Waals surface area contributed by atoms with Crippen molar-refractivity contribution in [3.63, 3.8) is 0 Å². The number of nitrogens with two attached hydrogens (primary N) is 1. The van der Waals surface area contributed by atoms with Crippen LogP contribution in [0.2, 0.25) is 0 Å². The van der Waals surface area contributed by atoms with E-state index in [1.807, 2.05) is 25.1 Å². The second-order valence-electron chi connectivity index (χ2n) is 3.23. The second kappa shape index (κ2) is 4.99. The molecule has 1 aromatic carbocycles. The van der Waals surface area contributed by atoms with Crippen LogP contribution in [-0.2, 0) is 6.54 Å². The predicted octanol–water partition coefficient (Wildman–Crippen LogP) is 2.49. The number of aryl methyl sites for hydroxylation is 1. The Balaban J connectivity index is 2.30. The molecule has 0 bridgehead atoms. The van der Waals surface area contributed by atoms with E-state index in [0.717, 1.165) is 20.8 Å². The lowest BCUT2D eigenvalue weighted by atomic mass is 10.2. The van der Waals surface area contributed by atoms with Crippen molar-refractivity contribution in [1.29, 1.82) is 0 Å². The normalized spacial score (nSPS) is 10.7. The van der Waals surface area contributed by atoms with Gasteiger partial charge in [0, 0.05) is 15.9 Å². The standard InChI is InChI=1S/C10H11BrN4S/c1-6-13-10(15-14-6)16-9-4-2-3-8(11)7(9)5-12/h2-4H,5,12H2,1H3,(H,13,14,15). The minimum absolute atomic E-state index is 0.493. The number of H-pyrrole nitrogens is 1. The highest BCUT2D eigenvalue weighted by Gasteiger charge is 2.09. The second-order valence-corrected chi connectivity index (χ2v) is 5.09. The molecule has 3 N–H and O–H groups in total. The fourth-order valence-electron chi connectivity index (χ4n) is 1.30. The lowest BCUT2D eigenvalue weighted by Crippen LogP contribution is -1.99. The minimum Gasteiger partial charge on any atom is -0.326 e. The Hall–Kier alpha value is -0.850. The first-order valence-corrected chi connectivity index (χ1v) is 6.36. The van der Waals surface area contributed by atoms with Gasteiger partial charge >= 0.3 is 0 Å². The lowest BCUT2D eigenvalue weighted by molar-refractivity contribution is 0.963. The van der Waals surface area contributed by atoms with Crippen LogP contribution in [0.15, 0.2) is 32.7 Å². The van der Waals surface area contributed by atoms with Crippen molar-refractivity contribution in [2.24, 2.45) is 5.73 Å². The first kappa shape index (κ1) is 11.6. The van der Waals surface area contributed by atoms with E-state index in [1.54, 1.807) is 0 Å². The molecule has 0 aliphatic heterocycles. The van der Waals surface area contributed by atoms with Crippen molar-refractivity contribution in [3.8, 4) is 0 Å². The molecule has 4 nitrogen and oxygen atoms in total. The predicted molar refractivity (Wildman–Crippen MR) is 67.3 cm³/mol. The van der Waals surface area contributed by atoms with Gasteiger partial charge in [-0.15, -0.1) is 5.10 Å². The average molecular weight is 299 g/mol. The summed E-state index contributed by atoms with van der Waals surface area (Å²) in [4.78, 5) is 5.33. The first-order chi connectivity index (χ1) is 7.70. The van der Waals surface area contributed by atoms with E-state index in [-0.39, 0.29) is 0 Å². The molecule has 16 heavy (non-hydrogen) atoms. The zero-order chi connectivity index (χ0) is 11.5. The van der Waals surface area contributed by atoms with Gasteiger partial charge in [-0.25, -0.2) is 4.98 Å². The SMILES string of the molecule is Cc1nc(Sc2cccc(Br)c2CN)n[nH]1. The third-order valence-corrected chi connectivity index (χ3v) is 3.77. The van der Waals surface area contributed by atoms with Crippen molar-refractivity contribution in [2.45, 2.75) is 23.5 Å². The Morgan fingerprint density at radius 1 is 1.50 bits per heavy atom. The van der Waals surface area contributed by atoms with Gasteiger partial charge in [-0.2, -0.15) is 0 Å². The number of benzene rings is 1. The number of aromatic amines is 1. The van der Waals surface area contributed by atoms with E-state index < -0.39 is 0 Å². The maximum absolute atomic E-state index is 5.72. The van der Waals surface area contributed by atoms with Gasteiger partial charge in [0.1, 0.15) is 5.82 Å². The van der Waals surface area contributed by atoms with E-state index >= 15 is 0 Å². The third-order valence-electron chi connectivity index (χ3n) is 2.06. The molecule has 0 radical (unpaired) electrons. The molecule has 6 heteroatoms. The van der Waals surface area contributed by atoms with Crippen LogP contribution in [0, 0.1) is 6.92 Å². The lowest BCUT2D eigenvalue weighted by Gasteiger charge is -2.06. The smallest absolute Gasteiger partial charge is 0.213 e. The van der Waals surface area contributed by atoms with Crippen molar-refractivity contribution in [1.82, 2.24) is 15.2 Å². The summed E-state index contributed by atoms with van der Waals surface area (Å²) in [5.41, 5.74) is 6.80. The summed E-state index contributed by atoms with van der Waals surface area (Å²) in [7, 11) is 0. The van der Waals surface area contributed by atoms with Crippen molar-refractivity contribution in [3.05, 3.63) is 34.1 Å². The fraction of sp³-hybridized carbons (Fsp3) is 0.200. The maximum Gasteiger partial charge on any atom is 0.213 e. The summed E-state index contributed by atoms with van der Waals surface area (Å²) in [6.45, 7) is 2.37. The van der Waals surface area contributed by atoms with E-state index in [2.05, 4.69) is 31.1 Å². The quantitative estimate of drug-likeness (QED) is 0.913. The van der Waals surface area contributed by atoms with Gasteiger partial charge in [0.25, 0.3) is 0 Å². The zero-order valence-corrected chi connectivity index (χ0v) is 11.1. The molecule has 1 aromatic heterocycles. The molecule has 84 valence electrons. The van der Waals surface area contributed by atoms with Gasteiger partial charge in [0.05, 0.1) is 0 Å². The molecule has 2 rings (SSSR count). The number of halogens is 1. The van der Waals surface area contributed by atoms with Crippen LogP contribution in [0.1, 0.15) is 11.4 Å². The van der Waals surface area contributed by atoms with Crippen LogP contribution in [0.3, 0.4) is 0 Å². The van der Waals surface area contributed by atoms with Gasteiger partial charge < -0.3 is 5.73 Å². The Morgan fingerprint density at radius 3 is 2.94 bits per heavy atom. The summed E-state index contributed by atoms with van der Waals surface area (Å²) in [5, 5.41) is 7.62. The molecule has 0 spiro atoms. The summed E-state index contributed by atoms with van der Waals surface area (Å²) in [5.74, 6) is 0.812. The molecular weight excluding hydrogens is 288 g/mol. The number of rotatable bonds is 3. The fourth-order valence-corrected chi connectivity index (χ4v) is 2.89. The summed E-state index contributed by atoms with van der Waals surface area (Å²) >= 11 is 4.99. The van der Waals surface area contributed by atoms with Gasteiger partial charge in [-0.3, -0.25) is 5.10 Å². The van der Waals surface area contributed by atoms with Crippen LogP contribution in [-0.4, -0.2) is 15.2 Å². The van der Waals surface area contributed by atoms with Crippen LogP contribution in [0.5, 0.6) is 0 Å². The van der Waals surface area contributed by atoms with E-state index in [0.29, 0.717) is 11.7 Å². The Kier molecular flexibility index (Phi) is 3.63. The topological polar surface area (TPSA) is 67.6 Å². The van der Waals surface area contributed by atoms with Gasteiger partial charge in [-0.1, -0.05) is 22.0 Å². The first-order valence-electron chi connectivity index (χ1n) is 4.75. The van der Waals surface area contributed by atoms with Gasteiger partial charge in [0.15, 0.2) is 0 Å². The van der Waals surface area contributed by atoms with Gasteiger partial charge in [0.2, 0.25) is 5.16 Å². The maximum atomic E-state index is 5.72. The molecule has 0 saturated heterocycles. The highest BCUT2D eigenvalue weighted by Crippen LogP contribution is 2.31. The van der Waals surface area contributed by atoms with Crippen molar-refractivity contribution < 1.29 is 0 Å². The number of nitrogens with one attached hydrogen (secondary N) is 1. The molecule has 0 fully saturated rings. The number of nitrogens with zero attached hydrogens (tertiary/aromatic N) is 2. The highest BCUT2D eigenvalue weighted by atomic mass is 79.9. The third kappa shape index (κ3) is 2.45. The molecule has 0 amide bonds. The highest BCUT2D eigenvalue weighted by molar-refractivity contribution is 9.10.